The van der Waals surface area contributed by atoms with Gasteiger partial charge in [0.1, 0.15) is 6.04 Å². The minimum atomic E-state index is -4.31. The van der Waals surface area contributed by atoms with Gasteiger partial charge in [0.25, 0.3) is 0 Å². The molecule has 0 aliphatic heterocycles. The van der Waals surface area contributed by atoms with Crippen LogP contribution < -0.4 is 5.32 Å². The number of esters is 1. The first kappa shape index (κ1) is 14.2. The molecule has 0 radical (unpaired) electrons. The molecule has 0 aromatic rings. The summed E-state index contributed by atoms with van der Waals surface area (Å²) in [5, 5.41) is 2.15. The smallest absolute Gasteiger partial charge is 0.401 e. The molecule has 1 N–H and O–H groups in total. The molecule has 0 spiro atoms. The lowest BCUT2D eigenvalue weighted by atomic mass is 10.1. The lowest BCUT2D eigenvalue weighted by Crippen LogP contribution is -2.42. The van der Waals surface area contributed by atoms with Crippen LogP contribution in [-0.2, 0) is 9.53 Å². The van der Waals surface area contributed by atoms with E-state index in [0.717, 1.165) is 13.5 Å². The average Bonchev–Trinajstić information content (AvgIpc) is 2.15. The van der Waals surface area contributed by atoms with Gasteiger partial charge in [0.05, 0.1) is 13.7 Å². The highest BCUT2D eigenvalue weighted by atomic mass is 19.4. The third-order valence-corrected chi connectivity index (χ3v) is 1.88. The first-order valence-corrected chi connectivity index (χ1v) is 4.78. The van der Waals surface area contributed by atoms with E-state index in [-0.39, 0.29) is 0 Å². The topological polar surface area (TPSA) is 38.3 Å². The standard InChI is InChI=1S/C9H16F3NO2/c1-3-4-5-7(8(14)15-2)13-6-9(10,11)12/h7,13H,3-6H2,1-2H3. The number of carbonyl (C=O) groups is 1. The van der Waals surface area contributed by atoms with E-state index in [1.165, 1.54) is 0 Å². The third-order valence-electron chi connectivity index (χ3n) is 1.88. The third kappa shape index (κ3) is 7.18. The molecule has 0 saturated carbocycles. The molecule has 15 heavy (non-hydrogen) atoms. The summed E-state index contributed by atoms with van der Waals surface area (Å²) < 4.78 is 40.1. The van der Waals surface area contributed by atoms with Crippen molar-refractivity contribution in [1.82, 2.24) is 5.32 Å². The van der Waals surface area contributed by atoms with Crippen molar-refractivity contribution in [3.05, 3.63) is 0 Å². The number of hydrogen-bond donors (Lipinski definition) is 1. The molecule has 0 heterocycles. The fourth-order valence-electron chi connectivity index (χ4n) is 1.09. The number of alkyl halides is 3. The Morgan fingerprint density at radius 1 is 1.47 bits per heavy atom. The molecule has 1 atom stereocenters. The van der Waals surface area contributed by atoms with Gasteiger partial charge in [-0.1, -0.05) is 19.8 Å². The Balaban J connectivity index is 4.07. The van der Waals surface area contributed by atoms with Crippen molar-refractivity contribution in [2.75, 3.05) is 13.7 Å². The summed E-state index contributed by atoms with van der Waals surface area (Å²) in [6, 6.07) is -0.864. The van der Waals surface area contributed by atoms with Gasteiger partial charge < -0.3 is 4.74 Å². The van der Waals surface area contributed by atoms with Gasteiger partial charge in [-0.15, -0.1) is 0 Å². The Labute approximate surface area is 87.0 Å². The summed E-state index contributed by atoms with van der Waals surface area (Å²) >= 11 is 0. The van der Waals surface area contributed by atoms with E-state index in [1.807, 2.05) is 6.92 Å². The van der Waals surface area contributed by atoms with E-state index in [9.17, 15) is 18.0 Å². The zero-order chi connectivity index (χ0) is 11.9. The Hall–Kier alpha value is -0.780. The van der Waals surface area contributed by atoms with Crippen LogP contribution in [-0.4, -0.2) is 31.8 Å². The van der Waals surface area contributed by atoms with Crippen LogP contribution in [0.25, 0.3) is 0 Å². The molecular formula is C9H16F3NO2. The molecule has 0 aromatic carbocycles. The predicted molar refractivity (Wildman–Crippen MR) is 49.4 cm³/mol. The summed E-state index contributed by atoms with van der Waals surface area (Å²) in [6.45, 7) is 0.731. The average molecular weight is 227 g/mol. The van der Waals surface area contributed by atoms with Crippen LogP contribution in [0.2, 0.25) is 0 Å². The molecule has 0 aromatic heterocycles. The summed E-state index contributed by atoms with van der Waals surface area (Å²) in [5.41, 5.74) is 0. The van der Waals surface area contributed by atoms with E-state index < -0.39 is 24.7 Å². The van der Waals surface area contributed by atoms with E-state index in [1.54, 1.807) is 0 Å². The van der Waals surface area contributed by atoms with E-state index in [0.29, 0.717) is 12.8 Å². The number of ether oxygens (including phenoxy) is 1. The number of carbonyl (C=O) groups excluding carboxylic acids is 1. The first-order chi connectivity index (χ1) is 6.90. The summed E-state index contributed by atoms with van der Waals surface area (Å²) in [4.78, 5) is 11.1. The van der Waals surface area contributed by atoms with Gasteiger partial charge in [0, 0.05) is 0 Å². The number of methoxy groups -OCH3 is 1. The zero-order valence-electron chi connectivity index (χ0n) is 8.86. The van der Waals surface area contributed by atoms with Crippen LogP contribution in [0, 0.1) is 0 Å². The monoisotopic (exact) mass is 227 g/mol. The van der Waals surface area contributed by atoms with Gasteiger partial charge in [-0.3, -0.25) is 10.1 Å². The molecule has 0 fully saturated rings. The second-order valence-corrected chi connectivity index (χ2v) is 3.21. The summed E-state index contributed by atoms with van der Waals surface area (Å²) in [5.74, 6) is -0.646. The highest BCUT2D eigenvalue weighted by Crippen LogP contribution is 2.13. The van der Waals surface area contributed by atoms with Crippen LogP contribution in [0.5, 0.6) is 0 Å². The van der Waals surface area contributed by atoms with E-state index >= 15 is 0 Å². The maximum Gasteiger partial charge on any atom is 0.401 e. The molecule has 0 saturated heterocycles. The Morgan fingerprint density at radius 2 is 2.07 bits per heavy atom. The SMILES string of the molecule is CCCCC(NCC(F)(F)F)C(=O)OC. The molecule has 3 nitrogen and oxygen atoms in total. The van der Waals surface area contributed by atoms with Crippen LogP contribution in [0.3, 0.4) is 0 Å². The molecule has 90 valence electrons. The summed E-state index contributed by atoms with van der Waals surface area (Å²) in [6.07, 6.45) is -2.44. The van der Waals surface area contributed by atoms with Crippen LogP contribution >= 0.6 is 0 Å². The minimum absolute atomic E-state index is 0.360. The minimum Gasteiger partial charge on any atom is -0.468 e. The second-order valence-electron chi connectivity index (χ2n) is 3.21. The Morgan fingerprint density at radius 3 is 2.47 bits per heavy atom. The lowest BCUT2D eigenvalue weighted by Gasteiger charge is -2.17. The summed E-state index contributed by atoms with van der Waals surface area (Å²) in [7, 11) is 1.16. The number of unbranched alkanes of at least 4 members (excludes halogenated alkanes) is 1. The molecule has 0 amide bonds. The number of nitrogens with one attached hydrogen (secondary N) is 1. The van der Waals surface area contributed by atoms with Gasteiger partial charge in [-0.05, 0) is 6.42 Å². The van der Waals surface area contributed by atoms with E-state index in [2.05, 4.69) is 10.1 Å². The fraction of sp³-hybridized carbons (Fsp3) is 0.889. The van der Waals surface area contributed by atoms with E-state index in [4.69, 9.17) is 0 Å². The van der Waals surface area contributed by atoms with Crippen LogP contribution in [0.1, 0.15) is 26.2 Å². The van der Waals surface area contributed by atoms with Crippen molar-refractivity contribution >= 4 is 5.97 Å². The van der Waals surface area contributed by atoms with Gasteiger partial charge in [-0.2, -0.15) is 13.2 Å². The van der Waals surface area contributed by atoms with Crippen molar-refractivity contribution in [2.45, 2.75) is 38.4 Å². The molecule has 0 rings (SSSR count). The number of hydrogen-bond acceptors (Lipinski definition) is 3. The maximum absolute atomic E-state index is 11.9. The van der Waals surface area contributed by atoms with Gasteiger partial charge in [0.2, 0.25) is 0 Å². The van der Waals surface area contributed by atoms with Crippen LogP contribution in [0.4, 0.5) is 13.2 Å². The molecule has 0 bridgehead atoms. The number of halogens is 3. The quantitative estimate of drug-likeness (QED) is 0.704. The van der Waals surface area contributed by atoms with Crippen molar-refractivity contribution in [2.24, 2.45) is 0 Å². The van der Waals surface area contributed by atoms with Gasteiger partial charge in [0.15, 0.2) is 0 Å². The lowest BCUT2D eigenvalue weighted by molar-refractivity contribution is -0.146. The molecule has 1 unspecified atom stereocenters. The first-order valence-electron chi connectivity index (χ1n) is 4.78. The van der Waals surface area contributed by atoms with Crippen molar-refractivity contribution < 1.29 is 22.7 Å². The van der Waals surface area contributed by atoms with Crippen molar-refractivity contribution in [1.29, 1.82) is 0 Å². The van der Waals surface area contributed by atoms with Gasteiger partial charge in [-0.25, -0.2) is 0 Å². The van der Waals surface area contributed by atoms with Crippen molar-refractivity contribution in [3.8, 4) is 0 Å². The predicted octanol–water partition coefficient (Wildman–Crippen LogP) is 1.87. The normalized spacial score (nSPS) is 13.7. The molecule has 0 aliphatic rings. The maximum atomic E-state index is 11.9. The highest BCUT2D eigenvalue weighted by molar-refractivity contribution is 5.75. The molecule has 0 aliphatic carbocycles. The second kappa shape index (κ2) is 6.66. The largest absolute Gasteiger partial charge is 0.468 e. The Kier molecular flexibility index (Phi) is 6.31. The molecule has 6 heteroatoms. The Bertz CT molecular complexity index is 194. The fourth-order valence-corrected chi connectivity index (χ4v) is 1.09. The molecular weight excluding hydrogens is 211 g/mol. The zero-order valence-corrected chi connectivity index (χ0v) is 8.86. The number of rotatable bonds is 6. The van der Waals surface area contributed by atoms with Crippen LogP contribution in [0.15, 0.2) is 0 Å². The van der Waals surface area contributed by atoms with Gasteiger partial charge >= 0.3 is 12.1 Å². The van der Waals surface area contributed by atoms with Crippen molar-refractivity contribution in [3.63, 3.8) is 0 Å². The highest BCUT2D eigenvalue weighted by Gasteiger charge is 2.30.